The van der Waals surface area contributed by atoms with Gasteiger partial charge < -0.3 is 14.5 Å². The Balaban J connectivity index is 1.42. The van der Waals surface area contributed by atoms with E-state index in [-0.39, 0.29) is 17.2 Å². The Morgan fingerprint density at radius 1 is 1.11 bits per heavy atom. The van der Waals surface area contributed by atoms with Gasteiger partial charge in [0.25, 0.3) is 0 Å². The lowest BCUT2D eigenvalue weighted by molar-refractivity contribution is -0.114. The highest BCUT2D eigenvalue weighted by molar-refractivity contribution is 6.08. The second-order valence-electron chi connectivity index (χ2n) is 8.39. The molecular formula is C28H21FN2O5. The van der Waals surface area contributed by atoms with Crippen LogP contribution in [0.1, 0.15) is 51.1 Å². The van der Waals surface area contributed by atoms with E-state index in [2.05, 4.69) is 5.32 Å². The zero-order chi connectivity index (χ0) is 25.2. The minimum absolute atomic E-state index is 0.228. The number of hydrogen-bond acceptors (Lipinski definition) is 6. The molecule has 1 aliphatic carbocycles. The van der Waals surface area contributed by atoms with Crippen molar-refractivity contribution in [2.75, 3.05) is 11.9 Å². The number of esters is 1. The molecule has 0 fully saturated rings. The molecule has 2 aromatic carbocycles. The number of carbonyl (C=O) groups is 3. The number of nitrogens with zero attached hydrogens (tertiary/aromatic N) is 1. The van der Waals surface area contributed by atoms with Gasteiger partial charge in [0.1, 0.15) is 11.6 Å². The molecular weight excluding hydrogens is 463 g/mol. The molecule has 7 nitrogen and oxygen atoms in total. The van der Waals surface area contributed by atoms with Crippen LogP contribution in [0, 0.1) is 5.82 Å². The number of fused-ring (bicyclic) bond motifs is 2. The van der Waals surface area contributed by atoms with E-state index >= 15 is 0 Å². The summed E-state index contributed by atoms with van der Waals surface area (Å²) in [6.07, 6.45) is 4.74. The van der Waals surface area contributed by atoms with Crippen LogP contribution < -0.4 is 5.32 Å². The lowest BCUT2D eigenvalue weighted by Gasteiger charge is -2.12. The summed E-state index contributed by atoms with van der Waals surface area (Å²) in [6, 6.07) is 14.6. The first-order valence-corrected chi connectivity index (χ1v) is 11.3. The maximum atomic E-state index is 14.5. The van der Waals surface area contributed by atoms with Gasteiger partial charge in [-0.3, -0.25) is 9.59 Å². The van der Waals surface area contributed by atoms with Crippen molar-refractivity contribution in [3.05, 3.63) is 94.8 Å². The van der Waals surface area contributed by atoms with Gasteiger partial charge in [-0.15, -0.1) is 0 Å². The SMILES string of the molecule is CC(=O)Nc1ccc(C(=O)COC(=O)c2c3c(nc4ccccc24)/C(=C/c2ccco2)CC3)c(F)c1. The Labute approximate surface area is 205 Å². The van der Waals surface area contributed by atoms with E-state index in [0.717, 1.165) is 17.2 Å². The van der Waals surface area contributed by atoms with Crippen molar-refractivity contribution >= 4 is 45.9 Å². The molecule has 0 spiro atoms. The minimum Gasteiger partial charge on any atom is -0.465 e. The lowest BCUT2D eigenvalue weighted by Crippen LogP contribution is -2.17. The number of furan rings is 1. The number of carbonyl (C=O) groups excluding carboxylic acids is 3. The maximum Gasteiger partial charge on any atom is 0.339 e. The average Bonchev–Trinajstić information content (AvgIpc) is 3.51. The zero-order valence-corrected chi connectivity index (χ0v) is 19.3. The van der Waals surface area contributed by atoms with Crippen LogP contribution in [-0.2, 0) is 16.0 Å². The fourth-order valence-electron chi connectivity index (χ4n) is 4.36. The zero-order valence-electron chi connectivity index (χ0n) is 19.3. The van der Waals surface area contributed by atoms with Crippen LogP contribution in [-0.4, -0.2) is 29.3 Å². The van der Waals surface area contributed by atoms with E-state index in [4.69, 9.17) is 14.1 Å². The molecule has 0 aliphatic heterocycles. The number of Topliss-reactive ketones (excluding diaryl/α,β-unsaturated/α-hetero) is 1. The van der Waals surface area contributed by atoms with Gasteiger partial charge in [-0.1, -0.05) is 18.2 Å². The Morgan fingerprint density at radius 2 is 1.94 bits per heavy atom. The predicted molar refractivity (Wildman–Crippen MR) is 132 cm³/mol. The summed E-state index contributed by atoms with van der Waals surface area (Å²) in [5, 5.41) is 3.07. The van der Waals surface area contributed by atoms with Crippen LogP contribution >= 0.6 is 0 Å². The number of pyridine rings is 1. The Morgan fingerprint density at radius 3 is 2.69 bits per heavy atom. The summed E-state index contributed by atoms with van der Waals surface area (Å²) in [5.74, 6) is -1.85. The Hall–Kier alpha value is -4.59. The van der Waals surface area contributed by atoms with Crippen molar-refractivity contribution < 1.29 is 27.9 Å². The number of hydrogen-bond donors (Lipinski definition) is 1. The summed E-state index contributed by atoms with van der Waals surface area (Å²) in [5.41, 5.74) is 3.36. The van der Waals surface area contributed by atoms with Crippen LogP contribution in [0.25, 0.3) is 22.6 Å². The molecule has 0 saturated carbocycles. The van der Waals surface area contributed by atoms with E-state index in [1.165, 1.54) is 19.1 Å². The van der Waals surface area contributed by atoms with Crippen molar-refractivity contribution in [2.24, 2.45) is 0 Å². The number of anilines is 1. The van der Waals surface area contributed by atoms with Crippen molar-refractivity contribution in [1.29, 1.82) is 0 Å². The molecule has 180 valence electrons. The molecule has 5 rings (SSSR count). The van der Waals surface area contributed by atoms with E-state index in [1.54, 1.807) is 24.5 Å². The number of benzene rings is 2. The normalized spacial score (nSPS) is 13.6. The van der Waals surface area contributed by atoms with Crippen molar-refractivity contribution in [3.8, 4) is 0 Å². The number of aromatic nitrogens is 1. The smallest absolute Gasteiger partial charge is 0.339 e. The van der Waals surface area contributed by atoms with E-state index in [9.17, 15) is 18.8 Å². The van der Waals surface area contributed by atoms with Crippen LogP contribution in [0.3, 0.4) is 0 Å². The molecule has 0 radical (unpaired) electrons. The number of ketones is 1. The quantitative estimate of drug-likeness (QED) is 0.289. The van der Waals surface area contributed by atoms with Crippen molar-refractivity contribution in [2.45, 2.75) is 19.8 Å². The summed E-state index contributed by atoms with van der Waals surface area (Å²) >= 11 is 0. The van der Waals surface area contributed by atoms with Gasteiger partial charge in [-0.05, 0) is 66.5 Å². The first-order chi connectivity index (χ1) is 17.4. The largest absolute Gasteiger partial charge is 0.465 e. The highest BCUT2D eigenvalue weighted by Gasteiger charge is 2.28. The average molecular weight is 484 g/mol. The summed E-state index contributed by atoms with van der Waals surface area (Å²) in [6.45, 7) is 0.668. The summed E-state index contributed by atoms with van der Waals surface area (Å²) in [4.78, 5) is 41.8. The molecule has 1 amide bonds. The molecule has 36 heavy (non-hydrogen) atoms. The number of allylic oxidation sites excluding steroid dienone is 1. The van der Waals surface area contributed by atoms with Gasteiger partial charge in [0, 0.05) is 18.0 Å². The highest BCUT2D eigenvalue weighted by Crippen LogP contribution is 2.37. The molecule has 0 atom stereocenters. The molecule has 1 N–H and O–H groups in total. The van der Waals surface area contributed by atoms with Gasteiger partial charge >= 0.3 is 5.97 Å². The van der Waals surface area contributed by atoms with Gasteiger partial charge in [-0.2, -0.15) is 0 Å². The standard InChI is InChI=1S/C28H21FN2O5/c1-16(32)30-18-9-11-20(23(29)14-18)25(33)15-36-28(34)26-21-6-2-3-7-24(21)31-27-17(8-10-22(26)27)13-19-5-4-12-35-19/h2-7,9,11-14H,8,10,15H2,1H3,(H,30,32)/b17-13+. The van der Waals surface area contributed by atoms with Crippen LogP contribution in [0.5, 0.6) is 0 Å². The second kappa shape index (κ2) is 9.58. The molecule has 2 aromatic heterocycles. The van der Waals surface area contributed by atoms with Crippen molar-refractivity contribution in [1.82, 2.24) is 4.98 Å². The fraction of sp³-hybridized carbons (Fsp3) is 0.143. The summed E-state index contributed by atoms with van der Waals surface area (Å²) in [7, 11) is 0. The lowest BCUT2D eigenvalue weighted by atomic mass is 10.0. The molecule has 0 saturated heterocycles. The number of amides is 1. The number of nitrogens with one attached hydrogen (secondary N) is 1. The number of halogens is 1. The molecule has 0 bridgehead atoms. The summed E-state index contributed by atoms with van der Waals surface area (Å²) < 4.78 is 25.3. The van der Waals surface area contributed by atoms with Crippen molar-refractivity contribution in [3.63, 3.8) is 0 Å². The molecule has 8 heteroatoms. The second-order valence-corrected chi connectivity index (χ2v) is 8.39. The third-order valence-corrected chi connectivity index (χ3v) is 5.93. The number of rotatable bonds is 6. The van der Waals surface area contributed by atoms with Crippen LogP contribution in [0.2, 0.25) is 0 Å². The molecule has 0 unspecified atom stereocenters. The predicted octanol–water partition coefficient (Wildman–Crippen LogP) is 5.45. The highest BCUT2D eigenvalue weighted by atomic mass is 19.1. The molecule has 1 aliphatic rings. The minimum atomic E-state index is -0.815. The van der Waals surface area contributed by atoms with Gasteiger partial charge in [0.15, 0.2) is 6.61 Å². The van der Waals surface area contributed by atoms with Gasteiger partial charge in [0.2, 0.25) is 11.7 Å². The van der Waals surface area contributed by atoms with Crippen LogP contribution in [0.15, 0.2) is 65.3 Å². The first kappa shape index (κ1) is 23.2. The van der Waals surface area contributed by atoms with E-state index in [0.29, 0.717) is 40.8 Å². The van der Waals surface area contributed by atoms with Crippen LogP contribution in [0.4, 0.5) is 10.1 Å². The Bertz CT molecular complexity index is 1540. The maximum absolute atomic E-state index is 14.5. The third kappa shape index (κ3) is 4.53. The topological polar surface area (TPSA) is 98.5 Å². The number of para-hydroxylation sites is 1. The van der Waals surface area contributed by atoms with Gasteiger partial charge in [-0.25, -0.2) is 14.2 Å². The monoisotopic (exact) mass is 484 g/mol. The molecule has 4 aromatic rings. The molecule has 2 heterocycles. The van der Waals surface area contributed by atoms with Gasteiger partial charge in [0.05, 0.1) is 28.6 Å². The van der Waals surface area contributed by atoms with E-state index < -0.39 is 24.2 Å². The van der Waals surface area contributed by atoms with E-state index in [1.807, 2.05) is 24.3 Å². The number of ether oxygens (including phenoxy) is 1. The fourth-order valence-corrected chi connectivity index (χ4v) is 4.36. The first-order valence-electron chi connectivity index (χ1n) is 11.3. The third-order valence-electron chi connectivity index (χ3n) is 5.93. The Kier molecular flexibility index (Phi) is 6.16.